The van der Waals surface area contributed by atoms with Crippen LogP contribution in [0.1, 0.15) is 12.5 Å². The van der Waals surface area contributed by atoms with Gasteiger partial charge in [-0.05, 0) is 30.7 Å². The summed E-state index contributed by atoms with van der Waals surface area (Å²) in [5.74, 6) is -1.18. The first-order valence-electron chi connectivity index (χ1n) is 3.77. The molecule has 68 valence electrons. The molecule has 0 atom stereocenters. The van der Waals surface area contributed by atoms with E-state index >= 15 is 0 Å². The highest BCUT2D eigenvalue weighted by molar-refractivity contribution is 5.91. The van der Waals surface area contributed by atoms with Crippen LogP contribution in [0.5, 0.6) is 5.75 Å². The molecule has 0 saturated carbocycles. The average molecular weight is 180 g/mol. The fourth-order valence-corrected chi connectivity index (χ4v) is 0.840. The summed E-state index contributed by atoms with van der Waals surface area (Å²) in [4.78, 5) is 10.5. The molecule has 0 unspecified atom stereocenters. The van der Waals surface area contributed by atoms with Gasteiger partial charge in [-0.25, -0.2) is 4.39 Å². The summed E-state index contributed by atoms with van der Waals surface area (Å²) in [6.07, 6.45) is 2.83. The summed E-state index contributed by atoms with van der Waals surface area (Å²) in [7, 11) is 0. The molecule has 0 aromatic heterocycles. The van der Waals surface area contributed by atoms with Crippen LogP contribution < -0.4 is 0 Å². The van der Waals surface area contributed by atoms with Crippen molar-refractivity contribution in [3.05, 3.63) is 35.7 Å². The molecule has 1 rings (SSSR count). The molecular weight excluding hydrogens is 171 g/mol. The van der Waals surface area contributed by atoms with Gasteiger partial charge >= 0.3 is 0 Å². The van der Waals surface area contributed by atoms with E-state index < -0.39 is 5.82 Å². The number of ketones is 1. The van der Waals surface area contributed by atoms with Crippen LogP contribution >= 0.6 is 0 Å². The van der Waals surface area contributed by atoms with Crippen molar-refractivity contribution >= 4 is 11.9 Å². The first-order valence-corrected chi connectivity index (χ1v) is 3.77. The van der Waals surface area contributed by atoms with Crippen molar-refractivity contribution in [1.29, 1.82) is 0 Å². The Hall–Kier alpha value is -1.64. The highest BCUT2D eigenvalue weighted by atomic mass is 19.1. The molecule has 0 fully saturated rings. The summed E-state index contributed by atoms with van der Waals surface area (Å²) in [6.45, 7) is 1.41. The van der Waals surface area contributed by atoms with E-state index in [1.165, 1.54) is 31.2 Å². The first-order chi connectivity index (χ1) is 6.09. The molecule has 2 nitrogen and oxygen atoms in total. The molecule has 1 aromatic rings. The second-order valence-electron chi connectivity index (χ2n) is 2.65. The number of hydrogen-bond acceptors (Lipinski definition) is 2. The number of aromatic hydroxyl groups is 1. The van der Waals surface area contributed by atoms with Crippen LogP contribution in [0.25, 0.3) is 6.08 Å². The van der Waals surface area contributed by atoms with E-state index in [2.05, 4.69) is 0 Å². The topological polar surface area (TPSA) is 37.3 Å². The Balaban J connectivity index is 2.92. The summed E-state index contributed by atoms with van der Waals surface area (Å²) in [5, 5.41) is 8.86. The molecule has 0 heterocycles. The lowest BCUT2D eigenvalue weighted by atomic mass is 10.2. The monoisotopic (exact) mass is 180 g/mol. The summed E-state index contributed by atoms with van der Waals surface area (Å²) >= 11 is 0. The predicted octanol–water partition coefficient (Wildman–Crippen LogP) is 2.13. The number of phenolic OH excluding ortho intramolecular Hbond substituents is 1. The predicted molar refractivity (Wildman–Crippen MR) is 47.8 cm³/mol. The minimum atomic E-state index is -0.689. The third-order valence-corrected chi connectivity index (χ3v) is 1.48. The number of halogens is 1. The Morgan fingerprint density at radius 3 is 2.77 bits per heavy atom. The van der Waals surface area contributed by atoms with Crippen LogP contribution in [-0.4, -0.2) is 10.9 Å². The fraction of sp³-hybridized carbons (Fsp3) is 0.100. The van der Waals surface area contributed by atoms with Crippen molar-refractivity contribution in [1.82, 2.24) is 0 Å². The smallest absolute Gasteiger partial charge is 0.165 e. The van der Waals surface area contributed by atoms with E-state index in [4.69, 9.17) is 5.11 Å². The quantitative estimate of drug-likeness (QED) is 0.708. The zero-order chi connectivity index (χ0) is 9.84. The fourth-order valence-electron chi connectivity index (χ4n) is 0.840. The van der Waals surface area contributed by atoms with Crippen LogP contribution in [0.15, 0.2) is 24.3 Å². The van der Waals surface area contributed by atoms with E-state index in [1.807, 2.05) is 0 Å². The third-order valence-electron chi connectivity index (χ3n) is 1.48. The van der Waals surface area contributed by atoms with Crippen molar-refractivity contribution in [2.75, 3.05) is 0 Å². The molecule has 3 heteroatoms. The number of carbonyl (C=O) groups is 1. The number of allylic oxidation sites excluding steroid dienone is 1. The highest BCUT2D eigenvalue weighted by Gasteiger charge is 1.98. The Bertz CT molecular complexity index is 356. The maximum Gasteiger partial charge on any atom is 0.165 e. The van der Waals surface area contributed by atoms with Crippen molar-refractivity contribution in [2.24, 2.45) is 0 Å². The standard InChI is InChI=1S/C10H9FO2/c1-7(12)2-3-8-4-5-10(13)9(11)6-8/h2-6,13H,1H3/b3-2+. The van der Waals surface area contributed by atoms with Crippen LogP contribution in [0.3, 0.4) is 0 Å². The molecular formula is C10H9FO2. The van der Waals surface area contributed by atoms with E-state index in [9.17, 15) is 9.18 Å². The van der Waals surface area contributed by atoms with Gasteiger partial charge in [0.05, 0.1) is 0 Å². The minimum Gasteiger partial charge on any atom is -0.505 e. The largest absolute Gasteiger partial charge is 0.505 e. The molecule has 1 N–H and O–H groups in total. The van der Waals surface area contributed by atoms with Gasteiger partial charge in [-0.3, -0.25) is 4.79 Å². The number of benzene rings is 1. The van der Waals surface area contributed by atoms with Crippen molar-refractivity contribution in [3.63, 3.8) is 0 Å². The van der Waals surface area contributed by atoms with Gasteiger partial charge in [-0.2, -0.15) is 0 Å². The molecule has 13 heavy (non-hydrogen) atoms. The average Bonchev–Trinajstić information content (AvgIpc) is 2.07. The summed E-state index contributed by atoms with van der Waals surface area (Å²) in [5.41, 5.74) is 0.547. The Kier molecular flexibility index (Phi) is 2.80. The van der Waals surface area contributed by atoms with Crippen molar-refractivity contribution in [3.8, 4) is 5.75 Å². The van der Waals surface area contributed by atoms with Gasteiger partial charge < -0.3 is 5.11 Å². The van der Waals surface area contributed by atoms with E-state index in [1.54, 1.807) is 0 Å². The molecule has 0 saturated heterocycles. The zero-order valence-corrected chi connectivity index (χ0v) is 7.12. The number of carbonyl (C=O) groups excluding carboxylic acids is 1. The van der Waals surface area contributed by atoms with Gasteiger partial charge in [0.1, 0.15) is 0 Å². The minimum absolute atomic E-state index is 0.103. The van der Waals surface area contributed by atoms with Crippen molar-refractivity contribution in [2.45, 2.75) is 6.92 Å². The molecule has 0 aliphatic rings. The molecule has 0 radical (unpaired) electrons. The second kappa shape index (κ2) is 3.85. The lowest BCUT2D eigenvalue weighted by Gasteiger charge is -1.95. The van der Waals surface area contributed by atoms with Crippen LogP contribution in [0.4, 0.5) is 4.39 Å². The zero-order valence-electron chi connectivity index (χ0n) is 7.12. The first kappa shape index (κ1) is 9.45. The van der Waals surface area contributed by atoms with Gasteiger partial charge in [0.25, 0.3) is 0 Å². The van der Waals surface area contributed by atoms with Crippen molar-refractivity contribution < 1.29 is 14.3 Å². The number of hydrogen-bond donors (Lipinski definition) is 1. The molecule has 0 aliphatic carbocycles. The van der Waals surface area contributed by atoms with Crippen LogP contribution in [0.2, 0.25) is 0 Å². The van der Waals surface area contributed by atoms with Gasteiger partial charge in [0.15, 0.2) is 17.3 Å². The third kappa shape index (κ3) is 2.71. The lowest BCUT2D eigenvalue weighted by molar-refractivity contribution is -0.112. The number of phenols is 1. The lowest BCUT2D eigenvalue weighted by Crippen LogP contribution is -1.82. The summed E-state index contributed by atoms with van der Waals surface area (Å²) in [6, 6.07) is 3.93. The summed E-state index contributed by atoms with van der Waals surface area (Å²) < 4.78 is 12.7. The highest BCUT2D eigenvalue weighted by Crippen LogP contribution is 2.16. The maximum atomic E-state index is 12.7. The number of rotatable bonds is 2. The molecule has 0 aliphatic heterocycles. The van der Waals surface area contributed by atoms with Crippen LogP contribution in [-0.2, 0) is 4.79 Å². The molecule has 0 bridgehead atoms. The van der Waals surface area contributed by atoms with Gasteiger partial charge in [0.2, 0.25) is 0 Å². The van der Waals surface area contributed by atoms with E-state index in [0.29, 0.717) is 5.56 Å². The second-order valence-corrected chi connectivity index (χ2v) is 2.65. The van der Waals surface area contributed by atoms with E-state index in [0.717, 1.165) is 6.07 Å². The molecule has 0 amide bonds. The Morgan fingerprint density at radius 2 is 2.23 bits per heavy atom. The van der Waals surface area contributed by atoms with Crippen LogP contribution in [0, 0.1) is 5.82 Å². The Morgan fingerprint density at radius 1 is 1.54 bits per heavy atom. The maximum absolute atomic E-state index is 12.7. The van der Waals surface area contributed by atoms with Gasteiger partial charge in [-0.1, -0.05) is 12.1 Å². The molecule has 1 aromatic carbocycles. The molecule has 0 spiro atoms. The van der Waals surface area contributed by atoms with Gasteiger partial charge in [-0.15, -0.1) is 0 Å². The normalized spacial score (nSPS) is 10.6. The Labute approximate surface area is 75.3 Å². The SMILES string of the molecule is CC(=O)/C=C/c1ccc(O)c(F)c1. The van der Waals surface area contributed by atoms with Gasteiger partial charge in [0, 0.05) is 0 Å². The van der Waals surface area contributed by atoms with E-state index in [-0.39, 0.29) is 11.5 Å².